The lowest BCUT2D eigenvalue weighted by Crippen LogP contribution is -2.33. The summed E-state index contributed by atoms with van der Waals surface area (Å²) in [5, 5.41) is 4.68. The van der Waals surface area contributed by atoms with E-state index >= 15 is 0 Å². The van der Waals surface area contributed by atoms with Gasteiger partial charge in [-0.25, -0.2) is 19.4 Å². The van der Waals surface area contributed by atoms with Crippen molar-refractivity contribution in [1.29, 1.82) is 0 Å². The van der Waals surface area contributed by atoms with Gasteiger partial charge in [-0.3, -0.25) is 9.63 Å². The van der Waals surface area contributed by atoms with Crippen LogP contribution in [-0.2, 0) is 4.84 Å². The molecule has 8 nitrogen and oxygen atoms in total. The fourth-order valence-electron chi connectivity index (χ4n) is 3.90. The van der Waals surface area contributed by atoms with Crippen molar-refractivity contribution >= 4 is 17.4 Å². The maximum absolute atomic E-state index is 13.9. The van der Waals surface area contributed by atoms with Crippen LogP contribution in [0.1, 0.15) is 29.8 Å². The molecule has 0 radical (unpaired) electrons. The zero-order valence-corrected chi connectivity index (χ0v) is 17.3. The second-order valence-corrected chi connectivity index (χ2v) is 7.89. The lowest BCUT2D eigenvalue weighted by molar-refractivity contribution is 0.0257. The summed E-state index contributed by atoms with van der Waals surface area (Å²) in [6.07, 6.45) is 8.35. The number of imidazole rings is 1. The predicted molar refractivity (Wildman–Crippen MR) is 112 cm³/mol. The fourth-order valence-corrected chi connectivity index (χ4v) is 3.90. The number of hydrogen-bond donors (Lipinski definition) is 1. The van der Waals surface area contributed by atoms with E-state index < -0.39 is 12.1 Å². The fraction of sp³-hybridized carbons (Fsp3) is 0.476. The summed E-state index contributed by atoms with van der Waals surface area (Å²) in [7, 11) is 3.86. The number of hydroxylamine groups is 1. The average Bonchev–Trinajstić information content (AvgIpc) is 3.37. The van der Waals surface area contributed by atoms with Crippen LogP contribution in [0.15, 0.2) is 42.1 Å². The normalized spacial score (nSPS) is 21.5. The van der Waals surface area contributed by atoms with E-state index in [-0.39, 0.29) is 6.04 Å². The Bertz CT molecular complexity index is 970. The van der Waals surface area contributed by atoms with Gasteiger partial charge < -0.3 is 9.80 Å². The Morgan fingerprint density at radius 1 is 1.40 bits per heavy atom. The molecule has 2 aromatic rings. The summed E-state index contributed by atoms with van der Waals surface area (Å²) >= 11 is 0. The van der Waals surface area contributed by atoms with E-state index in [2.05, 4.69) is 20.5 Å². The number of nitrogens with one attached hydrogen (secondary N) is 1. The van der Waals surface area contributed by atoms with Crippen molar-refractivity contribution < 1.29 is 14.0 Å². The van der Waals surface area contributed by atoms with E-state index in [1.807, 2.05) is 37.2 Å². The third kappa shape index (κ3) is 4.36. The molecule has 2 atom stereocenters. The molecule has 1 fully saturated rings. The third-order valence-corrected chi connectivity index (χ3v) is 5.42. The Morgan fingerprint density at radius 2 is 2.27 bits per heavy atom. The summed E-state index contributed by atoms with van der Waals surface area (Å²) < 4.78 is 15.4. The van der Waals surface area contributed by atoms with Crippen molar-refractivity contribution in [2.45, 2.75) is 31.5 Å². The average molecular weight is 414 g/mol. The monoisotopic (exact) mass is 414 g/mol. The minimum atomic E-state index is -0.931. The number of anilines is 1. The minimum absolute atomic E-state index is 0.119. The Labute approximate surface area is 175 Å². The molecule has 1 aliphatic heterocycles. The molecule has 0 bridgehead atoms. The number of carbonyl (C=O) groups is 1. The van der Waals surface area contributed by atoms with Gasteiger partial charge in [0.15, 0.2) is 11.3 Å². The van der Waals surface area contributed by atoms with Gasteiger partial charge in [-0.2, -0.15) is 0 Å². The van der Waals surface area contributed by atoms with Crippen LogP contribution in [0.25, 0.3) is 5.65 Å². The third-order valence-electron chi connectivity index (χ3n) is 5.42. The SMILES string of the molecule is CN(C)CCONC(=O)c1cnc2ccc(N3CCC[C@@H]3C3=CC=CC(F)C3)nn12. The number of likely N-dealkylation sites (N-methyl/N-ethyl adjacent to an activating group) is 1. The van der Waals surface area contributed by atoms with Crippen molar-refractivity contribution in [3.63, 3.8) is 0 Å². The van der Waals surface area contributed by atoms with Gasteiger partial charge in [0.2, 0.25) is 0 Å². The van der Waals surface area contributed by atoms with Gasteiger partial charge in [0.05, 0.1) is 18.8 Å². The summed E-state index contributed by atoms with van der Waals surface area (Å²) in [4.78, 5) is 26.2. The quantitative estimate of drug-likeness (QED) is 0.553. The van der Waals surface area contributed by atoms with Crippen molar-refractivity contribution in [2.24, 2.45) is 0 Å². The number of fused-ring (bicyclic) bond motifs is 1. The molecule has 1 amide bonds. The van der Waals surface area contributed by atoms with Crippen LogP contribution in [0.2, 0.25) is 0 Å². The first kappa shape index (κ1) is 20.5. The van der Waals surface area contributed by atoms with E-state index in [9.17, 15) is 9.18 Å². The first-order valence-corrected chi connectivity index (χ1v) is 10.2. The van der Waals surface area contributed by atoms with Gasteiger partial charge in [-0.05, 0) is 44.6 Å². The van der Waals surface area contributed by atoms with E-state index in [0.29, 0.717) is 30.9 Å². The number of allylic oxidation sites excluding steroid dienone is 3. The topological polar surface area (TPSA) is 75.0 Å². The summed E-state index contributed by atoms with van der Waals surface area (Å²) in [6.45, 7) is 1.91. The molecular formula is C21H27FN6O2. The Kier molecular flexibility index (Phi) is 6.10. The molecule has 2 aromatic heterocycles. The standard InChI is InChI=1S/C21H27FN6O2/c1-26(2)11-12-30-25-21(29)18-14-23-19-8-9-20(24-28(18)19)27-10-4-7-17(27)15-5-3-6-16(22)13-15/h3,5-6,8-9,14,16-17H,4,7,10-13H2,1-2H3,(H,25,29)/t16?,17-/m1/s1. The lowest BCUT2D eigenvalue weighted by Gasteiger charge is -2.29. The highest BCUT2D eigenvalue weighted by Crippen LogP contribution is 2.32. The largest absolute Gasteiger partial charge is 0.348 e. The van der Waals surface area contributed by atoms with Crippen LogP contribution >= 0.6 is 0 Å². The van der Waals surface area contributed by atoms with Gasteiger partial charge in [0, 0.05) is 19.5 Å². The molecule has 4 rings (SSSR count). The molecule has 9 heteroatoms. The second-order valence-electron chi connectivity index (χ2n) is 7.89. The highest BCUT2D eigenvalue weighted by atomic mass is 19.1. The van der Waals surface area contributed by atoms with Crippen molar-refractivity contribution in [1.82, 2.24) is 25.0 Å². The van der Waals surface area contributed by atoms with Crippen LogP contribution in [0, 0.1) is 0 Å². The first-order chi connectivity index (χ1) is 14.5. The van der Waals surface area contributed by atoms with E-state index in [0.717, 1.165) is 30.8 Å². The number of rotatable bonds is 7. The molecular weight excluding hydrogens is 387 g/mol. The Hall–Kier alpha value is -2.78. The highest BCUT2D eigenvalue weighted by Gasteiger charge is 2.30. The molecule has 1 saturated heterocycles. The molecule has 0 saturated carbocycles. The molecule has 1 aliphatic carbocycles. The number of nitrogens with zero attached hydrogens (tertiary/aromatic N) is 5. The predicted octanol–water partition coefficient (Wildman–Crippen LogP) is 2.15. The van der Waals surface area contributed by atoms with Crippen LogP contribution in [0.5, 0.6) is 0 Å². The van der Waals surface area contributed by atoms with Gasteiger partial charge in [-0.15, -0.1) is 5.10 Å². The van der Waals surface area contributed by atoms with Crippen LogP contribution in [0.3, 0.4) is 0 Å². The van der Waals surface area contributed by atoms with Crippen LogP contribution < -0.4 is 10.4 Å². The molecule has 160 valence electrons. The summed E-state index contributed by atoms with van der Waals surface area (Å²) in [5.41, 5.74) is 4.42. The van der Waals surface area contributed by atoms with Crippen molar-refractivity contribution in [2.75, 3.05) is 38.7 Å². The summed E-state index contributed by atoms with van der Waals surface area (Å²) in [6, 6.07) is 3.87. The van der Waals surface area contributed by atoms with E-state index in [1.54, 1.807) is 12.2 Å². The molecule has 0 spiro atoms. The molecule has 3 heterocycles. The Morgan fingerprint density at radius 3 is 3.07 bits per heavy atom. The van der Waals surface area contributed by atoms with Gasteiger partial charge >= 0.3 is 0 Å². The number of amides is 1. The first-order valence-electron chi connectivity index (χ1n) is 10.2. The van der Waals surface area contributed by atoms with E-state index in [4.69, 9.17) is 4.84 Å². The van der Waals surface area contributed by atoms with Crippen LogP contribution in [-0.4, -0.2) is 71.4 Å². The van der Waals surface area contributed by atoms with Crippen molar-refractivity contribution in [3.8, 4) is 0 Å². The number of hydrogen-bond acceptors (Lipinski definition) is 6. The highest BCUT2D eigenvalue weighted by molar-refractivity contribution is 5.92. The van der Waals surface area contributed by atoms with Gasteiger partial charge in [0.25, 0.3) is 5.91 Å². The lowest BCUT2D eigenvalue weighted by atomic mass is 9.95. The maximum atomic E-state index is 13.9. The molecule has 1 N–H and O–H groups in total. The second kappa shape index (κ2) is 8.93. The van der Waals surface area contributed by atoms with Gasteiger partial charge in [-0.1, -0.05) is 18.2 Å². The zero-order chi connectivity index (χ0) is 21.1. The smallest absolute Gasteiger partial charge is 0.295 e. The number of halogens is 1. The maximum Gasteiger partial charge on any atom is 0.295 e. The number of aromatic nitrogens is 3. The molecule has 0 aromatic carbocycles. The van der Waals surface area contributed by atoms with Crippen molar-refractivity contribution in [3.05, 3.63) is 47.8 Å². The number of alkyl halides is 1. The van der Waals surface area contributed by atoms with E-state index in [1.165, 1.54) is 10.7 Å². The Balaban J connectivity index is 1.53. The summed E-state index contributed by atoms with van der Waals surface area (Å²) in [5.74, 6) is 0.348. The molecule has 2 aliphatic rings. The van der Waals surface area contributed by atoms with Gasteiger partial charge in [0.1, 0.15) is 12.0 Å². The number of carbonyl (C=O) groups excluding carboxylic acids is 1. The molecule has 30 heavy (non-hydrogen) atoms. The minimum Gasteiger partial charge on any atom is -0.348 e. The molecule has 1 unspecified atom stereocenters. The zero-order valence-electron chi connectivity index (χ0n) is 17.3. The van der Waals surface area contributed by atoms with Crippen LogP contribution in [0.4, 0.5) is 10.2 Å².